The van der Waals surface area contributed by atoms with Crippen molar-refractivity contribution in [3.05, 3.63) is 24.5 Å². The summed E-state index contributed by atoms with van der Waals surface area (Å²) in [6.07, 6.45) is 8.98. The summed E-state index contributed by atoms with van der Waals surface area (Å²) < 4.78 is 26.8. The Hall–Kier alpha value is -0.940. The molecule has 9 heteroatoms. The normalized spacial score (nSPS) is 20.9. The van der Waals surface area contributed by atoms with Crippen LogP contribution in [0.15, 0.2) is 34.4 Å². The third kappa shape index (κ3) is 7.36. The van der Waals surface area contributed by atoms with Gasteiger partial charge in [0, 0.05) is 38.6 Å². The third-order valence-corrected chi connectivity index (χ3v) is 6.09. The van der Waals surface area contributed by atoms with Crippen molar-refractivity contribution in [2.45, 2.75) is 50.0 Å². The molecule has 1 heterocycles. The zero-order valence-electron chi connectivity index (χ0n) is 15.4. The molecule has 0 spiro atoms. The average molecular weight is 495 g/mol. The van der Waals surface area contributed by atoms with Crippen molar-refractivity contribution in [3.63, 3.8) is 0 Å². The molecule has 0 aliphatic heterocycles. The van der Waals surface area contributed by atoms with Crippen LogP contribution >= 0.6 is 24.0 Å². The van der Waals surface area contributed by atoms with Gasteiger partial charge in [0.2, 0.25) is 10.0 Å². The van der Waals surface area contributed by atoms with Gasteiger partial charge in [-0.3, -0.25) is 9.98 Å². The van der Waals surface area contributed by atoms with E-state index in [9.17, 15) is 8.42 Å². The summed E-state index contributed by atoms with van der Waals surface area (Å²) >= 11 is 0. The van der Waals surface area contributed by atoms with E-state index in [0.29, 0.717) is 12.6 Å². The molecule has 0 atom stereocenters. The van der Waals surface area contributed by atoms with Gasteiger partial charge < -0.3 is 10.6 Å². The van der Waals surface area contributed by atoms with Crippen LogP contribution in [0.2, 0.25) is 0 Å². The lowest BCUT2D eigenvalue weighted by Crippen LogP contribution is -2.46. The predicted molar refractivity (Wildman–Crippen MR) is 115 cm³/mol. The molecule has 0 radical (unpaired) electrons. The average Bonchev–Trinajstić information content (AvgIpc) is 2.65. The molecule has 1 aromatic heterocycles. The van der Waals surface area contributed by atoms with E-state index in [1.807, 2.05) is 0 Å². The smallest absolute Gasteiger partial charge is 0.242 e. The van der Waals surface area contributed by atoms with Crippen molar-refractivity contribution < 1.29 is 8.42 Å². The first-order valence-corrected chi connectivity index (χ1v) is 10.4. The standard InChI is InChI=1S/C17H29N5O2S.HI/c1-3-14-6-8-15(9-7-14)22-17(18-2)20-11-12-21-25(23,24)16-5-4-10-19-13-16;/h4-5,10,13-15,21H,3,6-9,11-12H2,1-2H3,(H2,18,20,22);1H. The monoisotopic (exact) mass is 495 g/mol. The largest absolute Gasteiger partial charge is 0.355 e. The number of halogens is 1. The van der Waals surface area contributed by atoms with Crippen molar-refractivity contribution >= 4 is 40.0 Å². The molecule has 1 aromatic rings. The molecule has 2 rings (SSSR count). The zero-order chi connectivity index (χ0) is 18.1. The van der Waals surface area contributed by atoms with Gasteiger partial charge in [-0.1, -0.05) is 13.3 Å². The maximum absolute atomic E-state index is 12.1. The van der Waals surface area contributed by atoms with Crippen LogP contribution in [0.1, 0.15) is 39.0 Å². The fraction of sp³-hybridized carbons (Fsp3) is 0.647. The molecular formula is C17H30IN5O2S. The van der Waals surface area contributed by atoms with E-state index in [0.717, 1.165) is 24.7 Å². The lowest BCUT2D eigenvalue weighted by Gasteiger charge is -2.29. The number of nitrogens with one attached hydrogen (secondary N) is 3. The van der Waals surface area contributed by atoms with Crippen LogP contribution in [0.25, 0.3) is 0 Å². The molecule has 1 fully saturated rings. The number of hydrogen-bond acceptors (Lipinski definition) is 4. The highest BCUT2D eigenvalue weighted by atomic mass is 127. The lowest BCUT2D eigenvalue weighted by molar-refractivity contribution is 0.304. The van der Waals surface area contributed by atoms with Gasteiger partial charge in [0.25, 0.3) is 0 Å². The Morgan fingerprint density at radius 1 is 1.27 bits per heavy atom. The van der Waals surface area contributed by atoms with Crippen LogP contribution in [-0.2, 0) is 10.0 Å². The highest BCUT2D eigenvalue weighted by Crippen LogP contribution is 2.26. The molecular weight excluding hydrogens is 465 g/mol. The maximum Gasteiger partial charge on any atom is 0.242 e. The van der Waals surface area contributed by atoms with E-state index in [2.05, 4.69) is 32.3 Å². The Labute approximate surface area is 173 Å². The summed E-state index contributed by atoms with van der Waals surface area (Å²) in [7, 11) is -1.79. The first-order valence-electron chi connectivity index (χ1n) is 8.92. The molecule has 3 N–H and O–H groups in total. The molecule has 7 nitrogen and oxygen atoms in total. The molecule has 0 amide bonds. The second kappa shape index (κ2) is 11.7. The number of aliphatic imine (C=N–C) groups is 1. The Balaban J connectivity index is 0.00000338. The Morgan fingerprint density at radius 3 is 2.58 bits per heavy atom. The van der Waals surface area contributed by atoms with Gasteiger partial charge in [0.1, 0.15) is 4.90 Å². The number of aromatic nitrogens is 1. The molecule has 0 unspecified atom stereocenters. The van der Waals surface area contributed by atoms with Crippen LogP contribution in [0.4, 0.5) is 0 Å². The Kier molecular flexibility index (Phi) is 10.4. The van der Waals surface area contributed by atoms with E-state index < -0.39 is 10.0 Å². The highest BCUT2D eigenvalue weighted by Gasteiger charge is 2.20. The fourth-order valence-electron chi connectivity index (χ4n) is 3.06. The molecule has 26 heavy (non-hydrogen) atoms. The van der Waals surface area contributed by atoms with Crippen LogP contribution < -0.4 is 15.4 Å². The first-order chi connectivity index (χ1) is 12.0. The van der Waals surface area contributed by atoms with E-state index >= 15 is 0 Å². The molecule has 0 saturated heterocycles. The Bertz CT molecular complexity index is 646. The van der Waals surface area contributed by atoms with Crippen molar-refractivity contribution in [2.75, 3.05) is 20.1 Å². The van der Waals surface area contributed by atoms with E-state index in [-0.39, 0.29) is 35.4 Å². The van der Waals surface area contributed by atoms with E-state index in [1.54, 1.807) is 19.3 Å². The van der Waals surface area contributed by atoms with Crippen LogP contribution in [0, 0.1) is 5.92 Å². The summed E-state index contributed by atoms with van der Waals surface area (Å²) in [5.41, 5.74) is 0. The number of sulfonamides is 1. The minimum atomic E-state index is -3.51. The quantitative estimate of drug-likeness (QED) is 0.233. The minimum Gasteiger partial charge on any atom is -0.355 e. The summed E-state index contributed by atoms with van der Waals surface area (Å²) in [6, 6.07) is 3.57. The van der Waals surface area contributed by atoms with E-state index in [4.69, 9.17) is 0 Å². The van der Waals surface area contributed by atoms with Crippen LogP contribution in [-0.4, -0.2) is 45.5 Å². The van der Waals surface area contributed by atoms with Gasteiger partial charge in [0.05, 0.1) is 0 Å². The summed E-state index contributed by atoms with van der Waals surface area (Å²) in [5, 5.41) is 6.59. The molecule has 1 saturated carbocycles. The number of hydrogen-bond donors (Lipinski definition) is 3. The van der Waals surface area contributed by atoms with Gasteiger partial charge in [-0.05, 0) is 43.7 Å². The van der Waals surface area contributed by atoms with Crippen molar-refractivity contribution in [1.82, 2.24) is 20.3 Å². The van der Waals surface area contributed by atoms with Crippen molar-refractivity contribution in [2.24, 2.45) is 10.9 Å². The molecule has 148 valence electrons. The van der Waals surface area contributed by atoms with Gasteiger partial charge >= 0.3 is 0 Å². The van der Waals surface area contributed by atoms with Crippen molar-refractivity contribution in [1.29, 1.82) is 0 Å². The number of rotatable bonds is 7. The topological polar surface area (TPSA) is 95.5 Å². The van der Waals surface area contributed by atoms with E-state index in [1.165, 1.54) is 31.5 Å². The molecule has 0 bridgehead atoms. The van der Waals surface area contributed by atoms with Gasteiger partial charge in [-0.2, -0.15) is 0 Å². The predicted octanol–water partition coefficient (Wildman–Crippen LogP) is 2.11. The number of nitrogens with zero attached hydrogens (tertiary/aromatic N) is 2. The summed E-state index contributed by atoms with van der Waals surface area (Å²) in [6.45, 7) is 3.00. The molecule has 1 aliphatic carbocycles. The number of guanidine groups is 1. The molecule has 0 aromatic carbocycles. The fourth-order valence-corrected chi connectivity index (χ4v) is 4.05. The summed E-state index contributed by atoms with van der Waals surface area (Å²) in [5.74, 6) is 1.58. The van der Waals surface area contributed by atoms with Gasteiger partial charge in [-0.15, -0.1) is 24.0 Å². The minimum absolute atomic E-state index is 0. The maximum atomic E-state index is 12.1. The lowest BCUT2D eigenvalue weighted by atomic mass is 9.84. The Morgan fingerprint density at radius 2 is 2.00 bits per heavy atom. The van der Waals surface area contributed by atoms with Crippen LogP contribution in [0.3, 0.4) is 0 Å². The molecule has 1 aliphatic rings. The SMILES string of the molecule is CCC1CCC(NC(=NC)NCCNS(=O)(=O)c2cccnc2)CC1.I. The first kappa shape index (κ1) is 23.1. The highest BCUT2D eigenvalue weighted by molar-refractivity contribution is 14.0. The zero-order valence-corrected chi connectivity index (χ0v) is 18.6. The summed E-state index contributed by atoms with van der Waals surface area (Å²) in [4.78, 5) is 8.23. The number of pyridine rings is 1. The second-order valence-corrected chi connectivity index (χ2v) is 8.12. The van der Waals surface area contributed by atoms with Gasteiger partial charge in [-0.25, -0.2) is 13.1 Å². The van der Waals surface area contributed by atoms with Gasteiger partial charge in [0.15, 0.2) is 5.96 Å². The third-order valence-electron chi connectivity index (χ3n) is 4.64. The van der Waals surface area contributed by atoms with Crippen LogP contribution in [0.5, 0.6) is 0 Å². The second-order valence-electron chi connectivity index (χ2n) is 6.36. The van der Waals surface area contributed by atoms with Crippen molar-refractivity contribution in [3.8, 4) is 0 Å².